The highest BCUT2D eigenvalue weighted by Crippen LogP contribution is 2.26. The lowest BCUT2D eigenvalue weighted by Gasteiger charge is -2.23. The van der Waals surface area contributed by atoms with E-state index in [1.807, 2.05) is 19.2 Å². The second-order valence-electron chi connectivity index (χ2n) is 7.07. The van der Waals surface area contributed by atoms with E-state index < -0.39 is 6.61 Å². The first-order valence-electron chi connectivity index (χ1n) is 9.98. The quantitative estimate of drug-likeness (QED) is 0.446. The average molecular weight is 421 g/mol. The molecule has 0 aliphatic heterocycles. The molecule has 0 amide bonds. The van der Waals surface area contributed by atoms with Crippen LogP contribution in [0.15, 0.2) is 47.7 Å². The van der Waals surface area contributed by atoms with Crippen LogP contribution in [-0.2, 0) is 6.54 Å². The van der Waals surface area contributed by atoms with E-state index in [2.05, 4.69) is 45.3 Å². The molecule has 30 heavy (non-hydrogen) atoms. The number of benzene rings is 1. The first-order chi connectivity index (χ1) is 14.4. The van der Waals surface area contributed by atoms with Gasteiger partial charge in [0.05, 0.1) is 13.7 Å². The van der Waals surface area contributed by atoms with Crippen molar-refractivity contribution in [2.24, 2.45) is 10.9 Å². The van der Waals surface area contributed by atoms with Crippen molar-refractivity contribution in [2.45, 2.75) is 39.8 Å². The third-order valence-electron chi connectivity index (χ3n) is 4.64. The largest absolute Gasteiger partial charge is 0.497 e. The van der Waals surface area contributed by atoms with Crippen LogP contribution < -0.4 is 20.1 Å². The number of aromatic nitrogens is 1. The van der Waals surface area contributed by atoms with Crippen LogP contribution >= 0.6 is 0 Å². The number of aliphatic imine (C=N–C) groups is 1. The SMILES string of the molecule is CCNC(=NCc1cc(OC)ccc1OC(F)F)NCC(c1cccnc1)C(C)C. The van der Waals surface area contributed by atoms with E-state index in [9.17, 15) is 8.78 Å². The predicted octanol–water partition coefficient (Wildman–Crippen LogP) is 4.19. The standard InChI is InChI=1S/C22H30F2N4O2/c1-5-26-22(28-14-19(15(2)3)16-7-6-10-25-12-16)27-13-17-11-18(29-4)8-9-20(17)30-21(23)24/h6-12,15,19,21H,5,13-14H2,1-4H3,(H2,26,27,28). The number of nitrogens with one attached hydrogen (secondary N) is 2. The molecule has 1 aromatic carbocycles. The number of nitrogens with zero attached hydrogens (tertiary/aromatic N) is 2. The minimum atomic E-state index is -2.90. The molecule has 2 N–H and O–H groups in total. The molecule has 1 heterocycles. The number of ether oxygens (including phenoxy) is 2. The van der Waals surface area contributed by atoms with Gasteiger partial charge in [-0.05, 0) is 42.7 Å². The van der Waals surface area contributed by atoms with Gasteiger partial charge in [0.1, 0.15) is 11.5 Å². The number of rotatable bonds is 10. The first-order valence-corrected chi connectivity index (χ1v) is 9.98. The van der Waals surface area contributed by atoms with E-state index in [0.29, 0.717) is 36.3 Å². The third kappa shape index (κ3) is 7.17. The summed E-state index contributed by atoms with van der Waals surface area (Å²) in [6.45, 7) is 4.88. The second-order valence-corrected chi connectivity index (χ2v) is 7.07. The summed E-state index contributed by atoms with van der Waals surface area (Å²) in [5, 5.41) is 6.54. The van der Waals surface area contributed by atoms with Crippen molar-refractivity contribution in [3.63, 3.8) is 0 Å². The molecule has 2 aromatic rings. The van der Waals surface area contributed by atoms with Crippen LogP contribution in [-0.4, -0.2) is 37.8 Å². The van der Waals surface area contributed by atoms with Crippen LogP contribution in [0.2, 0.25) is 0 Å². The number of guanidine groups is 1. The molecule has 1 atom stereocenters. The Morgan fingerprint density at radius 3 is 2.60 bits per heavy atom. The lowest BCUT2D eigenvalue weighted by Crippen LogP contribution is -2.40. The topological polar surface area (TPSA) is 67.8 Å². The van der Waals surface area contributed by atoms with Crippen LogP contribution in [0.3, 0.4) is 0 Å². The lowest BCUT2D eigenvalue weighted by molar-refractivity contribution is -0.0504. The van der Waals surface area contributed by atoms with E-state index in [1.54, 1.807) is 18.3 Å². The molecular weight excluding hydrogens is 390 g/mol. The Morgan fingerprint density at radius 2 is 2.00 bits per heavy atom. The molecule has 0 fully saturated rings. The highest BCUT2D eigenvalue weighted by atomic mass is 19.3. The molecule has 1 unspecified atom stereocenters. The number of halogens is 2. The number of hydrogen-bond acceptors (Lipinski definition) is 4. The Kier molecular flexibility index (Phi) is 9.31. The minimum Gasteiger partial charge on any atom is -0.497 e. The van der Waals surface area contributed by atoms with Crippen molar-refractivity contribution >= 4 is 5.96 Å². The third-order valence-corrected chi connectivity index (χ3v) is 4.64. The highest BCUT2D eigenvalue weighted by molar-refractivity contribution is 5.79. The molecule has 1 aromatic heterocycles. The highest BCUT2D eigenvalue weighted by Gasteiger charge is 2.17. The molecule has 6 nitrogen and oxygen atoms in total. The number of methoxy groups -OCH3 is 1. The van der Waals surface area contributed by atoms with Gasteiger partial charge in [-0.25, -0.2) is 4.99 Å². The Bertz CT molecular complexity index is 801. The van der Waals surface area contributed by atoms with Gasteiger partial charge in [0.15, 0.2) is 5.96 Å². The van der Waals surface area contributed by atoms with E-state index in [1.165, 1.54) is 13.2 Å². The Labute approximate surface area is 176 Å². The predicted molar refractivity (Wildman–Crippen MR) is 114 cm³/mol. The van der Waals surface area contributed by atoms with Crippen LogP contribution in [0.1, 0.15) is 37.8 Å². The van der Waals surface area contributed by atoms with Gasteiger partial charge in [-0.15, -0.1) is 0 Å². The summed E-state index contributed by atoms with van der Waals surface area (Å²) in [6.07, 6.45) is 3.63. The van der Waals surface area contributed by atoms with Gasteiger partial charge < -0.3 is 20.1 Å². The minimum absolute atomic E-state index is 0.0841. The fraction of sp³-hybridized carbons (Fsp3) is 0.455. The maximum absolute atomic E-state index is 12.7. The smallest absolute Gasteiger partial charge is 0.387 e. The van der Waals surface area contributed by atoms with Gasteiger partial charge in [0, 0.05) is 37.0 Å². The van der Waals surface area contributed by atoms with Crippen LogP contribution in [0.25, 0.3) is 0 Å². The zero-order valence-electron chi connectivity index (χ0n) is 17.9. The zero-order chi connectivity index (χ0) is 21.9. The van der Waals surface area contributed by atoms with Crippen LogP contribution in [0, 0.1) is 5.92 Å². The van der Waals surface area contributed by atoms with Gasteiger partial charge in [-0.3, -0.25) is 4.98 Å². The molecule has 0 spiro atoms. The van der Waals surface area contributed by atoms with Crippen molar-refractivity contribution in [1.29, 1.82) is 0 Å². The van der Waals surface area contributed by atoms with Gasteiger partial charge >= 0.3 is 6.61 Å². The van der Waals surface area contributed by atoms with E-state index in [0.717, 1.165) is 5.56 Å². The molecular formula is C22H30F2N4O2. The van der Waals surface area contributed by atoms with Crippen molar-refractivity contribution in [1.82, 2.24) is 15.6 Å². The number of alkyl halides is 2. The van der Waals surface area contributed by atoms with Crippen LogP contribution in [0.4, 0.5) is 8.78 Å². The van der Waals surface area contributed by atoms with Crippen LogP contribution in [0.5, 0.6) is 11.5 Å². The summed E-state index contributed by atoms with van der Waals surface area (Å²) in [6, 6.07) is 8.69. The van der Waals surface area contributed by atoms with Crippen molar-refractivity contribution in [2.75, 3.05) is 20.2 Å². The summed E-state index contributed by atoms with van der Waals surface area (Å²) >= 11 is 0. The molecule has 0 saturated heterocycles. The molecule has 8 heteroatoms. The normalized spacial score (nSPS) is 12.7. The van der Waals surface area contributed by atoms with E-state index in [4.69, 9.17) is 4.74 Å². The average Bonchev–Trinajstić information content (AvgIpc) is 2.73. The van der Waals surface area contributed by atoms with Gasteiger partial charge in [-0.1, -0.05) is 19.9 Å². The molecule has 2 rings (SSSR count). The Balaban J connectivity index is 2.15. The molecule has 0 radical (unpaired) electrons. The maximum Gasteiger partial charge on any atom is 0.387 e. The van der Waals surface area contributed by atoms with E-state index in [-0.39, 0.29) is 18.2 Å². The summed E-state index contributed by atoms with van der Waals surface area (Å²) in [5.41, 5.74) is 1.66. The zero-order valence-corrected chi connectivity index (χ0v) is 17.9. The summed E-state index contributed by atoms with van der Waals surface area (Å²) in [5.74, 6) is 1.88. The summed E-state index contributed by atoms with van der Waals surface area (Å²) < 4.78 is 35.3. The van der Waals surface area contributed by atoms with Crippen molar-refractivity contribution < 1.29 is 18.3 Å². The number of pyridine rings is 1. The summed E-state index contributed by atoms with van der Waals surface area (Å²) in [7, 11) is 1.52. The Morgan fingerprint density at radius 1 is 1.20 bits per heavy atom. The van der Waals surface area contributed by atoms with E-state index >= 15 is 0 Å². The van der Waals surface area contributed by atoms with Gasteiger partial charge in [-0.2, -0.15) is 8.78 Å². The number of hydrogen-bond donors (Lipinski definition) is 2. The Hall–Kier alpha value is -2.90. The summed E-state index contributed by atoms with van der Waals surface area (Å²) in [4.78, 5) is 8.77. The molecule has 0 saturated carbocycles. The maximum atomic E-state index is 12.7. The van der Waals surface area contributed by atoms with Gasteiger partial charge in [0.25, 0.3) is 0 Å². The van der Waals surface area contributed by atoms with Gasteiger partial charge in [0.2, 0.25) is 0 Å². The lowest BCUT2D eigenvalue weighted by atomic mass is 9.89. The molecule has 164 valence electrons. The van der Waals surface area contributed by atoms with Crippen molar-refractivity contribution in [3.05, 3.63) is 53.9 Å². The monoisotopic (exact) mass is 420 g/mol. The fourth-order valence-electron chi connectivity index (χ4n) is 3.06. The first kappa shape index (κ1) is 23.4. The fourth-order valence-corrected chi connectivity index (χ4v) is 3.06. The molecule has 0 aliphatic rings. The second kappa shape index (κ2) is 11.9. The van der Waals surface area contributed by atoms with Crippen molar-refractivity contribution in [3.8, 4) is 11.5 Å². The molecule has 0 bridgehead atoms. The molecule has 0 aliphatic carbocycles.